The monoisotopic (exact) mass is 187 g/mol. The number of likely N-dealkylation sites (tertiary alicyclic amines) is 1. The van der Waals surface area contributed by atoms with Crippen molar-refractivity contribution in [1.29, 1.82) is 0 Å². The molecule has 0 radical (unpaired) electrons. The van der Waals surface area contributed by atoms with Gasteiger partial charge in [-0.3, -0.25) is 4.79 Å². The van der Waals surface area contributed by atoms with Gasteiger partial charge in [0.15, 0.2) is 0 Å². The molecule has 0 aromatic heterocycles. The summed E-state index contributed by atoms with van der Waals surface area (Å²) in [5.41, 5.74) is 0. The first-order chi connectivity index (χ1) is 6.24. The van der Waals surface area contributed by atoms with E-state index in [0.717, 1.165) is 13.1 Å². The summed E-state index contributed by atoms with van der Waals surface area (Å²) in [6, 6.07) is 0. The molecule has 0 bridgehead atoms. The fraction of sp³-hybridized carbons (Fsp3) is 0.889. The highest BCUT2D eigenvalue weighted by Crippen LogP contribution is 2.15. The second-order valence-electron chi connectivity index (χ2n) is 3.44. The molecule has 1 N–H and O–H groups in total. The van der Waals surface area contributed by atoms with Crippen molar-refractivity contribution in [3.63, 3.8) is 0 Å². The fourth-order valence-electron chi connectivity index (χ4n) is 1.35. The Bertz CT molecular complexity index is 166. The van der Waals surface area contributed by atoms with Gasteiger partial charge in [-0.2, -0.15) is 0 Å². The standard InChI is InChI=1S/C9H17NO3/c1-8(12)10-5-9(6-10)7-13-4-2-3-11/h9,11H,2-7H2,1H3. The highest BCUT2D eigenvalue weighted by Gasteiger charge is 2.28. The molecular weight excluding hydrogens is 170 g/mol. The lowest BCUT2D eigenvalue weighted by Gasteiger charge is -2.38. The number of carbonyl (C=O) groups excluding carboxylic acids is 1. The van der Waals surface area contributed by atoms with E-state index in [1.807, 2.05) is 0 Å². The van der Waals surface area contributed by atoms with Crippen LogP contribution in [0.3, 0.4) is 0 Å². The Labute approximate surface area is 78.5 Å². The van der Waals surface area contributed by atoms with Gasteiger partial charge in [0.1, 0.15) is 0 Å². The molecular formula is C9H17NO3. The van der Waals surface area contributed by atoms with Gasteiger partial charge in [-0.25, -0.2) is 0 Å². The Morgan fingerprint density at radius 1 is 1.62 bits per heavy atom. The summed E-state index contributed by atoms with van der Waals surface area (Å²) in [5, 5.41) is 8.48. The minimum absolute atomic E-state index is 0.145. The molecule has 4 nitrogen and oxygen atoms in total. The number of carbonyl (C=O) groups is 1. The van der Waals surface area contributed by atoms with Crippen molar-refractivity contribution in [1.82, 2.24) is 4.90 Å². The Kier molecular flexibility index (Phi) is 4.18. The van der Waals surface area contributed by atoms with Crippen LogP contribution in [0, 0.1) is 5.92 Å². The second-order valence-corrected chi connectivity index (χ2v) is 3.44. The van der Waals surface area contributed by atoms with E-state index in [9.17, 15) is 4.79 Å². The van der Waals surface area contributed by atoms with Gasteiger partial charge in [-0.1, -0.05) is 0 Å². The zero-order valence-corrected chi connectivity index (χ0v) is 8.03. The van der Waals surface area contributed by atoms with Crippen LogP contribution in [0.1, 0.15) is 13.3 Å². The maximum atomic E-state index is 10.8. The molecule has 0 spiro atoms. The average Bonchev–Trinajstić information content (AvgIpc) is 2.00. The first kappa shape index (κ1) is 10.5. The molecule has 1 aliphatic heterocycles. The highest BCUT2D eigenvalue weighted by atomic mass is 16.5. The summed E-state index contributed by atoms with van der Waals surface area (Å²) < 4.78 is 5.31. The van der Waals surface area contributed by atoms with E-state index < -0.39 is 0 Å². The third-order valence-corrected chi connectivity index (χ3v) is 2.20. The molecule has 4 heteroatoms. The molecule has 0 atom stereocenters. The van der Waals surface area contributed by atoms with Crippen LogP contribution in [0.25, 0.3) is 0 Å². The average molecular weight is 187 g/mol. The normalized spacial score (nSPS) is 17.2. The first-order valence-electron chi connectivity index (χ1n) is 4.68. The molecule has 1 heterocycles. The van der Waals surface area contributed by atoms with E-state index in [0.29, 0.717) is 25.6 Å². The molecule has 0 aliphatic carbocycles. The number of hydrogen-bond donors (Lipinski definition) is 1. The van der Waals surface area contributed by atoms with Crippen molar-refractivity contribution in [3.05, 3.63) is 0 Å². The highest BCUT2D eigenvalue weighted by molar-refractivity contribution is 5.74. The number of hydrogen-bond acceptors (Lipinski definition) is 3. The van der Waals surface area contributed by atoms with E-state index in [4.69, 9.17) is 9.84 Å². The van der Waals surface area contributed by atoms with E-state index in [-0.39, 0.29) is 12.5 Å². The molecule has 1 saturated heterocycles. The van der Waals surface area contributed by atoms with E-state index in [2.05, 4.69) is 0 Å². The van der Waals surface area contributed by atoms with Crippen LogP contribution in [0.2, 0.25) is 0 Å². The van der Waals surface area contributed by atoms with Gasteiger partial charge in [-0.05, 0) is 6.42 Å². The van der Waals surface area contributed by atoms with Crippen LogP contribution < -0.4 is 0 Å². The Morgan fingerprint density at radius 2 is 2.31 bits per heavy atom. The number of nitrogens with zero attached hydrogens (tertiary/aromatic N) is 1. The van der Waals surface area contributed by atoms with E-state index in [1.54, 1.807) is 11.8 Å². The van der Waals surface area contributed by atoms with Crippen LogP contribution in [0.5, 0.6) is 0 Å². The molecule has 0 unspecified atom stereocenters. The molecule has 0 aromatic carbocycles. The lowest BCUT2D eigenvalue weighted by atomic mass is 10.0. The van der Waals surface area contributed by atoms with E-state index in [1.165, 1.54) is 0 Å². The van der Waals surface area contributed by atoms with Crippen molar-refractivity contribution in [2.45, 2.75) is 13.3 Å². The fourth-order valence-corrected chi connectivity index (χ4v) is 1.35. The molecule has 0 aromatic rings. The zero-order chi connectivity index (χ0) is 9.68. The van der Waals surface area contributed by atoms with Crippen molar-refractivity contribution in [2.75, 3.05) is 32.9 Å². The van der Waals surface area contributed by atoms with Gasteiger partial charge < -0.3 is 14.7 Å². The third kappa shape index (κ3) is 3.32. The minimum Gasteiger partial charge on any atom is -0.396 e. The quantitative estimate of drug-likeness (QED) is 0.610. The molecule has 1 fully saturated rings. The van der Waals surface area contributed by atoms with Crippen molar-refractivity contribution < 1.29 is 14.6 Å². The zero-order valence-electron chi connectivity index (χ0n) is 8.03. The minimum atomic E-state index is 0.145. The smallest absolute Gasteiger partial charge is 0.219 e. The lowest BCUT2D eigenvalue weighted by Crippen LogP contribution is -2.50. The van der Waals surface area contributed by atoms with Crippen LogP contribution in [-0.4, -0.2) is 48.8 Å². The second kappa shape index (κ2) is 5.19. The summed E-state index contributed by atoms with van der Waals surface area (Å²) >= 11 is 0. The maximum Gasteiger partial charge on any atom is 0.219 e. The Balaban J connectivity index is 1.93. The number of amides is 1. The van der Waals surface area contributed by atoms with Crippen molar-refractivity contribution >= 4 is 5.91 Å². The molecule has 1 amide bonds. The Morgan fingerprint density at radius 3 is 2.85 bits per heavy atom. The van der Waals surface area contributed by atoms with E-state index >= 15 is 0 Å². The largest absolute Gasteiger partial charge is 0.396 e. The summed E-state index contributed by atoms with van der Waals surface area (Å²) in [6.45, 7) is 4.76. The first-order valence-corrected chi connectivity index (χ1v) is 4.68. The van der Waals surface area contributed by atoms with Crippen molar-refractivity contribution in [2.24, 2.45) is 5.92 Å². The summed E-state index contributed by atoms with van der Waals surface area (Å²) in [5.74, 6) is 0.647. The number of rotatable bonds is 5. The summed E-state index contributed by atoms with van der Waals surface area (Å²) in [6.07, 6.45) is 0.698. The molecule has 76 valence electrons. The number of ether oxygens (including phenoxy) is 1. The molecule has 1 rings (SSSR count). The topological polar surface area (TPSA) is 49.8 Å². The van der Waals surface area contributed by atoms with Crippen LogP contribution in [0.4, 0.5) is 0 Å². The van der Waals surface area contributed by atoms with Crippen LogP contribution in [0.15, 0.2) is 0 Å². The summed E-state index contributed by atoms with van der Waals surface area (Å²) in [4.78, 5) is 12.6. The third-order valence-electron chi connectivity index (χ3n) is 2.20. The maximum absolute atomic E-state index is 10.8. The predicted molar refractivity (Wildman–Crippen MR) is 48.3 cm³/mol. The van der Waals surface area contributed by atoms with Crippen LogP contribution in [-0.2, 0) is 9.53 Å². The van der Waals surface area contributed by atoms with Gasteiger partial charge in [0.25, 0.3) is 0 Å². The summed E-state index contributed by atoms with van der Waals surface area (Å²) in [7, 11) is 0. The molecule has 13 heavy (non-hydrogen) atoms. The molecule has 0 saturated carbocycles. The lowest BCUT2D eigenvalue weighted by molar-refractivity contribution is -0.136. The number of aliphatic hydroxyl groups is 1. The number of aliphatic hydroxyl groups excluding tert-OH is 1. The SMILES string of the molecule is CC(=O)N1CC(COCCCO)C1. The van der Waals surface area contributed by atoms with Crippen LogP contribution >= 0.6 is 0 Å². The van der Waals surface area contributed by atoms with Gasteiger partial charge in [0.2, 0.25) is 5.91 Å². The van der Waals surface area contributed by atoms with Gasteiger partial charge in [-0.15, -0.1) is 0 Å². The van der Waals surface area contributed by atoms with Gasteiger partial charge >= 0.3 is 0 Å². The van der Waals surface area contributed by atoms with Crippen molar-refractivity contribution in [3.8, 4) is 0 Å². The van der Waals surface area contributed by atoms with Gasteiger partial charge in [0.05, 0.1) is 6.61 Å². The Hall–Kier alpha value is -0.610. The molecule has 1 aliphatic rings. The van der Waals surface area contributed by atoms with Gasteiger partial charge in [0, 0.05) is 39.1 Å². The predicted octanol–water partition coefficient (Wildman–Crippen LogP) is -0.136.